The predicted octanol–water partition coefficient (Wildman–Crippen LogP) is 1.77. The SMILES string of the molecule is CN(C(=O)c1ccc(O)c(O)c1)c1ccccn1. The van der Waals surface area contributed by atoms with Gasteiger partial charge < -0.3 is 10.2 Å². The maximum Gasteiger partial charge on any atom is 0.259 e. The molecule has 0 aliphatic carbocycles. The number of benzene rings is 1. The van der Waals surface area contributed by atoms with Crippen LogP contribution in [-0.2, 0) is 0 Å². The second kappa shape index (κ2) is 4.75. The molecule has 1 aromatic heterocycles. The Balaban J connectivity index is 2.29. The van der Waals surface area contributed by atoms with Gasteiger partial charge in [-0.15, -0.1) is 0 Å². The molecule has 1 heterocycles. The third kappa shape index (κ3) is 2.24. The van der Waals surface area contributed by atoms with E-state index in [-0.39, 0.29) is 23.0 Å². The van der Waals surface area contributed by atoms with Gasteiger partial charge in [-0.1, -0.05) is 6.07 Å². The first kappa shape index (κ1) is 11.9. The second-order valence-corrected chi connectivity index (χ2v) is 3.76. The molecule has 0 saturated carbocycles. The summed E-state index contributed by atoms with van der Waals surface area (Å²) in [6.45, 7) is 0. The van der Waals surface area contributed by atoms with Crippen LogP contribution in [0.15, 0.2) is 42.6 Å². The monoisotopic (exact) mass is 244 g/mol. The van der Waals surface area contributed by atoms with E-state index in [0.29, 0.717) is 5.82 Å². The highest BCUT2D eigenvalue weighted by atomic mass is 16.3. The van der Waals surface area contributed by atoms with Gasteiger partial charge in [0.05, 0.1) is 0 Å². The van der Waals surface area contributed by atoms with Crippen molar-refractivity contribution in [2.75, 3.05) is 11.9 Å². The molecule has 18 heavy (non-hydrogen) atoms. The van der Waals surface area contributed by atoms with Gasteiger partial charge in [-0.25, -0.2) is 4.98 Å². The Morgan fingerprint density at radius 1 is 1.17 bits per heavy atom. The number of carbonyl (C=O) groups is 1. The number of phenols is 2. The quantitative estimate of drug-likeness (QED) is 0.789. The third-order valence-corrected chi connectivity index (χ3v) is 2.52. The Hall–Kier alpha value is -2.56. The fraction of sp³-hybridized carbons (Fsp3) is 0.0769. The molecule has 0 aliphatic rings. The molecule has 5 nitrogen and oxygen atoms in total. The van der Waals surface area contributed by atoms with E-state index in [9.17, 15) is 15.0 Å². The summed E-state index contributed by atoms with van der Waals surface area (Å²) in [5, 5.41) is 18.6. The van der Waals surface area contributed by atoms with Crippen molar-refractivity contribution in [1.29, 1.82) is 0 Å². The smallest absolute Gasteiger partial charge is 0.259 e. The highest BCUT2D eigenvalue weighted by Crippen LogP contribution is 2.25. The van der Waals surface area contributed by atoms with Crippen LogP contribution in [0.5, 0.6) is 11.5 Å². The Morgan fingerprint density at radius 2 is 1.94 bits per heavy atom. The molecule has 1 aromatic carbocycles. The first-order valence-electron chi connectivity index (χ1n) is 5.30. The largest absolute Gasteiger partial charge is 0.504 e. The summed E-state index contributed by atoms with van der Waals surface area (Å²) in [5.41, 5.74) is 0.276. The van der Waals surface area contributed by atoms with Gasteiger partial charge in [-0.05, 0) is 30.3 Å². The number of carbonyl (C=O) groups excluding carboxylic acids is 1. The number of hydrogen-bond acceptors (Lipinski definition) is 4. The summed E-state index contributed by atoms with van der Waals surface area (Å²) < 4.78 is 0. The number of phenolic OH excluding ortho intramolecular Hbond substituents is 2. The van der Waals surface area contributed by atoms with Gasteiger partial charge in [0.2, 0.25) is 0 Å². The van der Waals surface area contributed by atoms with E-state index in [4.69, 9.17) is 0 Å². The molecular weight excluding hydrogens is 232 g/mol. The third-order valence-electron chi connectivity index (χ3n) is 2.52. The van der Waals surface area contributed by atoms with Crippen molar-refractivity contribution in [3.05, 3.63) is 48.2 Å². The van der Waals surface area contributed by atoms with E-state index in [1.807, 2.05) is 0 Å². The number of pyridine rings is 1. The number of amides is 1. The number of hydrogen-bond donors (Lipinski definition) is 2. The summed E-state index contributed by atoms with van der Waals surface area (Å²) >= 11 is 0. The van der Waals surface area contributed by atoms with Crippen molar-refractivity contribution < 1.29 is 15.0 Å². The number of aromatic hydroxyl groups is 2. The molecule has 0 spiro atoms. The molecule has 0 radical (unpaired) electrons. The number of nitrogens with zero attached hydrogens (tertiary/aromatic N) is 2. The molecule has 2 N–H and O–H groups in total. The molecule has 0 aliphatic heterocycles. The Labute approximate surface area is 104 Å². The van der Waals surface area contributed by atoms with Crippen molar-refractivity contribution >= 4 is 11.7 Å². The first-order chi connectivity index (χ1) is 8.59. The molecule has 0 fully saturated rings. The molecule has 0 unspecified atom stereocenters. The Bertz CT molecular complexity index is 570. The van der Waals surface area contributed by atoms with Gasteiger partial charge in [-0.3, -0.25) is 9.69 Å². The molecule has 2 rings (SSSR count). The van der Waals surface area contributed by atoms with Crippen LogP contribution in [0.2, 0.25) is 0 Å². The van der Waals surface area contributed by atoms with Crippen LogP contribution in [0, 0.1) is 0 Å². The minimum absolute atomic E-state index is 0.257. The van der Waals surface area contributed by atoms with Crippen LogP contribution in [0.25, 0.3) is 0 Å². The van der Waals surface area contributed by atoms with Gasteiger partial charge >= 0.3 is 0 Å². The molecule has 0 saturated heterocycles. The molecule has 92 valence electrons. The summed E-state index contributed by atoms with van der Waals surface area (Å²) in [6, 6.07) is 9.18. The maximum absolute atomic E-state index is 12.1. The van der Waals surface area contributed by atoms with Gasteiger partial charge in [-0.2, -0.15) is 0 Å². The average Bonchev–Trinajstić information content (AvgIpc) is 2.41. The first-order valence-corrected chi connectivity index (χ1v) is 5.30. The summed E-state index contributed by atoms with van der Waals surface area (Å²) in [4.78, 5) is 17.5. The fourth-order valence-corrected chi connectivity index (χ4v) is 1.51. The normalized spacial score (nSPS) is 10.1. The standard InChI is InChI=1S/C13H12N2O3/c1-15(12-4-2-3-7-14-12)13(18)9-5-6-10(16)11(17)8-9/h2-8,16-17H,1H3. The van der Waals surface area contributed by atoms with Crippen molar-refractivity contribution in [2.45, 2.75) is 0 Å². The zero-order valence-electron chi connectivity index (χ0n) is 9.74. The Kier molecular flexibility index (Phi) is 3.14. The van der Waals surface area contributed by atoms with Crippen LogP contribution in [0.4, 0.5) is 5.82 Å². The highest BCUT2D eigenvalue weighted by Gasteiger charge is 2.15. The molecule has 0 bridgehead atoms. The van der Waals surface area contributed by atoms with Crippen molar-refractivity contribution in [2.24, 2.45) is 0 Å². The lowest BCUT2D eigenvalue weighted by Gasteiger charge is -2.16. The van der Waals surface area contributed by atoms with Crippen LogP contribution in [0.1, 0.15) is 10.4 Å². The predicted molar refractivity (Wildman–Crippen MR) is 66.7 cm³/mol. The van der Waals surface area contributed by atoms with Gasteiger partial charge in [0, 0.05) is 18.8 Å². The van der Waals surface area contributed by atoms with Gasteiger partial charge in [0.15, 0.2) is 11.5 Å². The zero-order valence-corrected chi connectivity index (χ0v) is 9.74. The average molecular weight is 244 g/mol. The summed E-state index contributed by atoms with van der Waals surface area (Å²) in [7, 11) is 1.59. The molecular formula is C13H12N2O3. The van der Waals surface area contributed by atoms with E-state index in [2.05, 4.69) is 4.98 Å². The lowest BCUT2D eigenvalue weighted by Crippen LogP contribution is -2.26. The van der Waals surface area contributed by atoms with Crippen LogP contribution in [0.3, 0.4) is 0 Å². The van der Waals surface area contributed by atoms with E-state index < -0.39 is 0 Å². The highest BCUT2D eigenvalue weighted by molar-refractivity contribution is 6.05. The van der Waals surface area contributed by atoms with E-state index in [1.54, 1.807) is 31.4 Å². The zero-order chi connectivity index (χ0) is 13.1. The molecule has 1 amide bonds. The number of anilines is 1. The Morgan fingerprint density at radius 3 is 2.56 bits per heavy atom. The van der Waals surface area contributed by atoms with E-state index in [0.717, 1.165) is 0 Å². The van der Waals surface area contributed by atoms with Crippen LogP contribution in [-0.4, -0.2) is 28.2 Å². The lowest BCUT2D eigenvalue weighted by molar-refractivity contribution is 0.0992. The van der Waals surface area contributed by atoms with Crippen molar-refractivity contribution in [1.82, 2.24) is 4.98 Å². The molecule has 0 atom stereocenters. The molecule has 2 aromatic rings. The lowest BCUT2D eigenvalue weighted by atomic mass is 10.2. The van der Waals surface area contributed by atoms with Gasteiger partial charge in [0.1, 0.15) is 5.82 Å². The van der Waals surface area contributed by atoms with E-state index >= 15 is 0 Å². The minimum Gasteiger partial charge on any atom is -0.504 e. The topological polar surface area (TPSA) is 73.7 Å². The van der Waals surface area contributed by atoms with Crippen LogP contribution >= 0.6 is 0 Å². The number of aromatic nitrogens is 1. The van der Waals surface area contributed by atoms with Crippen molar-refractivity contribution in [3.63, 3.8) is 0 Å². The molecule has 5 heteroatoms. The fourth-order valence-electron chi connectivity index (χ4n) is 1.51. The minimum atomic E-state index is -0.324. The van der Waals surface area contributed by atoms with E-state index in [1.165, 1.54) is 23.1 Å². The second-order valence-electron chi connectivity index (χ2n) is 3.76. The summed E-state index contributed by atoms with van der Waals surface area (Å²) in [6.07, 6.45) is 1.59. The van der Waals surface area contributed by atoms with Crippen molar-refractivity contribution in [3.8, 4) is 11.5 Å². The summed E-state index contributed by atoms with van der Waals surface area (Å²) in [5.74, 6) is -0.388. The van der Waals surface area contributed by atoms with Gasteiger partial charge in [0.25, 0.3) is 5.91 Å². The number of rotatable bonds is 2. The maximum atomic E-state index is 12.1. The van der Waals surface area contributed by atoms with Crippen LogP contribution < -0.4 is 4.90 Å².